The van der Waals surface area contributed by atoms with Gasteiger partial charge < -0.3 is 34.6 Å². The third-order valence-corrected chi connectivity index (χ3v) is 3.89. The third kappa shape index (κ3) is 7.55. The predicted octanol–water partition coefficient (Wildman–Crippen LogP) is 0.0935. The van der Waals surface area contributed by atoms with Gasteiger partial charge in [0.15, 0.2) is 6.29 Å². The molecule has 0 aromatic carbocycles. The molecule has 148 valence electrons. The Kier molecular flexibility index (Phi) is 8.73. The molecule has 1 aliphatic heterocycles. The number of hydrogen-bond donors (Lipinski definition) is 4. The number of unbranched alkanes of at least 4 members (excludes halogenated alkanes) is 1. The standard InChI is InChI=1S/C17H32O8/c1-10(7-5-6-8-12(19)25-17(2,3)4)23-16(22)14(21)15-13(20)11(9-18)24-15/h10-11,13-16,18,20-22H,5-9H2,1-4H3. The average molecular weight is 364 g/mol. The Bertz CT molecular complexity index is 408. The summed E-state index contributed by atoms with van der Waals surface area (Å²) in [6.07, 6.45) is -3.73. The first kappa shape index (κ1) is 22.3. The minimum Gasteiger partial charge on any atom is -0.460 e. The summed E-state index contributed by atoms with van der Waals surface area (Å²) in [6.45, 7) is 6.85. The predicted molar refractivity (Wildman–Crippen MR) is 88.6 cm³/mol. The first-order valence-electron chi connectivity index (χ1n) is 8.73. The second kappa shape index (κ2) is 9.80. The van der Waals surface area contributed by atoms with Crippen LogP contribution in [0.25, 0.3) is 0 Å². The average Bonchev–Trinajstić information content (AvgIpc) is 2.48. The van der Waals surface area contributed by atoms with Gasteiger partial charge in [-0.3, -0.25) is 4.79 Å². The molecule has 0 radical (unpaired) electrons. The molecule has 0 saturated carbocycles. The van der Waals surface area contributed by atoms with E-state index >= 15 is 0 Å². The van der Waals surface area contributed by atoms with Crippen LogP contribution < -0.4 is 0 Å². The zero-order valence-corrected chi connectivity index (χ0v) is 15.4. The molecule has 4 N–H and O–H groups in total. The van der Waals surface area contributed by atoms with E-state index in [1.807, 2.05) is 20.8 Å². The fraction of sp³-hybridized carbons (Fsp3) is 0.941. The van der Waals surface area contributed by atoms with Gasteiger partial charge in [-0.15, -0.1) is 0 Å². The molecule has 6 unspecified atom stereocenters. The summed E-state index contributed by atoms with van der Waals surface area (Å²) < 4.78 is 15.6. The van der Waals surface area contributed by atoms with Crippen LogP contribution in [0, 0.1) is 0 Å². The molecule has 0 aromatic heterocycles. The number of aliphatic hydroxyl groups excluding tert-OH is 4. The van der Waals surface area contributed by atoms with Gasteiger partial charge in [0.25, 0.3) is 0 Å². The Balaban J connectivity index is 2.19. The van der Waals surface area contributed by atoms with E-state index in [-0.39, 0.29) is 18.7 Å². The first-order valence-corrected chi connectivity index (χ1v) is 8.73. The number of ether oxygens (including phenoxy) is 3. The quantitative estimate of drug-likeness (QED) is 0.244. The Morgan fingerprint density at radius 3 is 2.40 bits per heavy atom. The van der Waals surface area contributed by atoms with Crippen molar-refractivity contribution in [3.05, 3.63) is 0 Å². The van der Waals surface area contributed by atoms with Gasteiger partial charge >= 0.3 is 5.97 Å². The zero-order valence-electron chi connectivity index (χ0n) is 15.4. The van der Waals surface area contributed by atoms with Crippen molar-refractivity contribution < 1.29 is 39.4 Å². The van der Waals surface area contributed by atoms with Gasteiger partial charge in [-0.1, -0.05) is 6.42 Å². The van der Waals surface area contributed by atoms with Crippen molar-refractivity contribution in [2.45, 2.75) is 95.8 Å². The fourth-order valence-corrected chi connectivity index (χ4v) is 2.56. The van der Waals surface area contributed by atoms with E-state index in [1.165, 1.54) is 0 Å². The van der Waals surface area contributed by atoms with E-state index < -0.39 is 36.3 Å². The van der Waals surface area contributed by atoms with E-state index in [0.717, 1.165) is 0 Å². The molecule has 1 fully saturated rings. The van der Waals surface area contributed by atoms with Gasteiger partial charge in [-0.2, -0.15) is 0 Å². The summed E-state index contributed by atoms with van der Waals surface area (Å²) >= 11 is 0. The lowest BCUT2D eigenvalue weighted by Crippen LogP contribution is -2.63. The summed E-state index contributed by atoms with van der Waals surface area (Å²) in [7, 11) is 0. The largest absolute Gasteiger partial charge is 0.460 e. The fourth-order valence-electron chi connectivity index (χ4n) is 2.56. The van der Waals surface area contributed by atoms with Crippen LogP contribution in [0.15, 0.2) is 0 Å². The Labute approximate surface area is 148 Å². The number of carbonyl (C=O) groups excluding carboxylic acids is 1. The molecule has 25 heavy (non-hydrogen) atoms. The number of esters is 1. The highest BCUT2D eigenvalue weighted by atomic mass is 16.6. The van der Waals surface area contributed by atoms with Crippen molar-refractivity contribution in [3.63, 3.8) is 0 Å². The molecule has 1 saturated heterocycles. The smallest absolute Gasteiger partial charge is 0.306 e. The molecule has 1 heterocycles. The summed E-state index contributed by atoms with van der Waals surface area (Å²) in [4.78, 5) is 11.6. The Morgan fingerprint density at radius 2 is 1.88 bits per heavy atom. The third-order valence-electron chi connectivity index (χ3n) is 3.89. The maximum atomic E-state index is 11.6. The van der Waals surface area contributed by atoms with Crippen LogP contribution in [0.5, 0.6) is 0 Å². The number of aliphatic hydroxyl groups is 4. The molecule has 6 atom stereocenters. The van der Waals surface area contributed by atoms with Crippen molar-refractivity contribution in [2.24, 2.45) is 0 Å². The first-order chi connectivity index (χ1) is 11.5. The van der Waals surface area contributed by atoms with Crippen LogP contribution in [-0.2, 0) is 19.0 Å². The van der Waals surface area contributed by atoms with Crippen molar-refractivity contribution in [1.29, 1.82) is 0 Å². The van der Waals surface area contributed by atoms with Gasteiger partial charge in [0.2, 0.25) is 0 Å². The van der Waals surface area contributed by atoms with Crippen LogP contribution in [0.2, 0.25) is 0 Å². The monoisotopic (exact) mass is 364 g/mol. The van der Waals surface area contributed by atoms with Gasteiger partial charge in [0.1, 0.15) is 30.0 Å². The van der Waals surface area contributed by atoms with Crippen molar-refractivity contribution in [1.82, 2.24) is 0 Å². The lowest BCUT2D eigenvalue weighted by molar-refractivity contribution is -0.300. The lowest BCUT2D eigenvalue weighted by atomic mass is 9.96. The number of rotatable bonds is 10. The number of hydrogen-bond acceptors (Lipinski definition) is 8. The van der Waals surface area contributed by atoms with Crippen molar-refractivity contribution in [3.8, 4) is 0 Å². The van der Waals surface area contributed by atoms with E-state index in [1.54, 1.807) is 6.92 Å². The summed E-state index contributed by atoms with van der Waals surface area (Å²) in [6, 6.07) is 0. The van der Waals surface area contributed by atoms with Crippen LogP contribution in [0.3, 0.4) is 0 Å². The topological polar surface area (TPSA) is 126 Å². The second-order valence-corrected chi connectivity index (χ2v) is 7.47. The molecule has 0 aliphatic carbocycles. The van der Waals surface area contributed by atoms with Gasteiger partial charge in [0.05, 0.1) is 12.7 Å². The highest BCUT2D eigenvalue weighted by molar-refractivity contribution is 5.69. The Morgan fingerprint density at radius 1 is 1.24 bits per heavy atom. The minimum absolute atomic E-state index is 0.244. The van der Waals surface area contributed by atoms with Crippen LogP contribution in [-0.4, -0.2) is 75.4 Å². The zero-order chi connectivity index (χ0) is 19.2. The van der Waals surface area contributed by atoms with Crippen LogP contribution >= 0.6 is 0 Å². The molecule has 1 rings (SSSR count). The molecule has 0 spiro atoms. The van der Waals surface area contributed by atoms with Crippen molar-refractivity contribution >= 4 is 5.97 Å². The van der Waals surface area contributed by atoms with Crippen molar-refractivity contribution in [2.75, 3.05) is 6.61 Å². The summed E-state index contributed by atoms with van der Waals surface area (Å²) in [5.41, 5.74) is -0.489. The molecule has 8 nitrogen and oxygen atoms in total. The van der Waals surface area contributed by atoms with E-state index in [9.17, 15) is 20.1 Å². The number of carbonyl (C=O) groups is 1. The molecule has 0 amide bonds. The Hall–Kier alpha value is -0.770. The molecule has 0 aromatic rings. The highest BCUT2D eigenvalue weighted by Crippen LogP contribution is 2.26. The molecule has 1 aliphatic rings. The van der Waals surface area contributed by atoms with Gasteiger partial charge in [-0.05, 0) is 40.5 Å². The van der Waals surface area contributed by atoms with Crippen LogP contribution in [0.1, 0.15) is 53.4 Å². The summed E-state index contributed by atoms with van der Waals surface area (Å²) in [5, 5.41) is 38.3. The molecule has 0 bridgehead atoms. The molecular weight excluding hydrogens is 332 g/mol. The second-order valence-electron chi connectivity index (χ2n) is 7.47. The van der Waals surface area contributed by atoms with Crippen LogP contribution in [0.4, 0.5) is 0 Å². The highest BCUT2D eigenvalue weighted by Gasteiger charge is 2.47. The van der Waals surface area contributed by atoms with E-state index in [4.69, 9.17) is 19.3 Å². The van der Waals surface area contributed by atoms with E-state index in [0.29, 0.717) is 25.7 Å². The lowest BCUT2D eigenvalue weighted by Gasteiger charge is -2.43. The minimum atomic E-state index is -1.50. The van der Waals surface area contributed by atoms with Gasteiger partial charge in [0, 0.05) is 6.42 Å². The SMILES string of the molecule is CC(CCCCC(=O)OC(C)(C)C)OC(O)C(O)C1OC(CO)C1O. The normalized spacial score (nSPS) is 27.3. The molecular formula is C17H32O8. The molecule has 8 heteroatoms. The summed E-state index contributed by atoms with van der Waals surface area (Å²) in [5.74, 6) is -0.244. The maximum Gasteiger partial charge on any atom is 0.306 e. The maximum absolute atomic E-state index is 11.6. The van der Waals surface area contributed by atoms with E-state index in [2.05, 4.69) is 0 Å². The van der Waals surface area contributed by atoms with Gasteiger partial charge in [-0.25, -0.2) is 0 Å².